The zero-order valence-electron chi connectivity index (χ0n) is 12.4. The fourth-order valence-corrected chi connectivity index (χ4v) is 2.67. The van der Waals surface area contributed by atoms with E-state index in [2.05, 4.69) is 26.1 Å². The van der Waals surface area contributed by atoms with Gasteiger partial charge in [0.25, 0.3) is 0 Å². The third-order valence-electron chi connectivity index (χ3n) is 3.74. The molecule has 0 N–H and O–H groups in total. The minimum Gasteiger partial charge on any atom is -0.295 e. The number of rotatable bonds is 4. The highest BCUT2D eigenvalue weighted by Gasteiger charge is 2.16. The molecule has 3 rings (SSSR count). The Morgan fingerprint density at radius 1 is 1.05 bits per heavy atom. The Balaban J connectivity index is 1.50. The fraction of sp³-hybridized carbons (Fsp3) is 0.294. The summed E-state index contributed by atoms with van der Waals surface area (Å²) >= 11 is 6.22. The Labute approximate surface area is 136 Å². The molecule has 114 valence electrons. The molecular formula is C17H19ClN4. The van der Waals surface area contributed by atoms with Crippen molar-refractivity contribution in [3.8, 4) is 0 Å². The second kappa shape index (κ2) is 7.38. The highest BCUT2D eigenvalue weighted by molar-refractivity contribution is 6.31. The summed E-state index contributed by atoms with van der Waals surface area (Å²) in [5.41, 5.74) is 2.08. The van der Waals surface area contributed by atoms with E-state index in [0.29, 0.717) is 0 Å². The van der Waals surface area contributed by atoms with Gasteiger partial charge in [0, 0.05) is 43.9 Å². The van der Waals surface area contributed by atoms with Crippen molar-refractivity contribution in [3.63, 3.8) is 0 Å². The normalized spacial score (nSPS) is 16.3. The molecule has 0 aliphatic carbocycles. The molecule has 4 nitrogen and oxygen atoms in total. The number of nitrogens with zero attached hydrogens (tertiary/aromatic N) is 4. The number of hydrogen-bond donors (Lipinski definition) is 0. The highest BCUT2D eigenvalue weighted by atomic mass is 35.5. The largest absolute Gasteiger partial charge is 0.295 e. The van der Waals surface area contributed by atoms with E-state index in [9.17, 15) is 0 Å². The quantitative estimate of drug-likeness (QED) is 0.813. The summed E-state index contributed by atoms with van der Waals surface area (Å²) in [5.74, 6) is 0. The lowest BCUT2D eigenvalue weighted by Gasteiger charge is -2.33. The number of aromatic nitrogens is 1. The molecule has 2 aromatic rings. The zero-order chi connectivity index (χ0) is 15.2. The third kappa shape index (κ3) is 4.06. The standard InChI is InChI=1S/C17H19ClN4/c18-17-7-2-1-5-15(17)14-21-9-11-22(12-10-21)20-13-16-6-3-4-8-19-16/h1-8,13H,9-12,14H2/b20-13+. The number of benzene rings is 1. The number of halogens is 1. The third-order valence-corrected chi connectivity index (χ3v) is 4.11. The van der Waals surface area contributed by atoms with Crippen LogP contribution < -0.4 is 0 Å². The lowest BCUT2D eigenvalue weighted by molar-refractivity contribution is 0.131. The second-order valence-corrected chi connectivity index (χ2v) is 5.73. The van der Waals surface area contributed by atoms with Gasteiger partial charge in [0.2, 0.25) is 0 Å². The topological polar surface area (TPSA) is 31.7 Å². The van der Waals surface area contributed by atoms with Crippen molar-refractivity contribution in [2.24, 2.45) is 5.10 Å². The summed E-state index contributed by atoms with van der Waals surface area (Å²) in [6, 6.07) is 13.9. The summed E-state index contributed by atoms with van der Waals surface area (Å²) in [5, 5.41) is 7.45. The number of hydrogen-bond acceptors (Lipinski definition) is 4. The Bertz CT molecular complexity index is 622. The summed E-state index contributed by atoms with van der Waals surface area (Å²) in [6.07, 6.45) is 3.60. The molecule has 2 heterocycles. The van der Waals surface area contributed by atoms with Gasteiger partial charge in [-0.05, 0) is 23.8 Å². The van der Waals surface area contributed by atoms with Crippen molar-refractivity contribution in [1.29, 1.82) is 0 Å². The van der Waals surface area contributed by atoms with Crippen LogP contribution in [0.1, 0.15) is 11.3 Å². The van der Waals surface area contributed by atoms with Gasteiger partial charge in [-0.15, -0.1) is 0 Å². The average molecular weight is 315 g/mol. The van der Waals surface area contributed by atoms with Gasteiger partial charge in [-0.25, -0.2) is 0 Å². The van der Waals surface area contributed by atoms with Crippen LogP contribution in [-0.2, 0) is 6.54 Å². The van der Waals surface area contributed by atoms with E-state index >= 15 is 0 Å². The van der Waals surface area contributed by atoms with E-state index in [-0.39, 0.29) is 0 Å². The summed E-state index contributed by atoms with van der Waals surface area (Å²) in [6.45, 7) is 4.73. The van der Waals surface area contributed by atoms with Crippen molar-refractivity contribution in [2.75, 3.05) is 26.2 Å². The first-order valence-electron chi connectivity index (χ1n) is 7.47. The monoisotopic (exact) mass is 314 g/mol. The molecular weight excluding hydrogens is 296 g/mol. The van der Waals surface area contributed by atoms with Crippen LogP contribution in [0.5, 0.6) is 0 Å². The van der Waals surface area contributed by atoms with Crippen molar-refractivity contribution in [2.45, 2.75) is 6.54 Å². The minimum atomic E-state index is 0.845. The van der Waals surface area contributed by atoms with Crippen LogP contribution in [0, 0.1) is 0 Å². The second-order valence-electron chi connectivity index (χ2n) is 5.32. The Morgan fingerprint density at radius 3 is 2.55 bits per heavy atom. The van der Waals surface area contributed by atoms with Gasteiger partial charge in [0.1, 0.15) is 0 Å². The van der Waals surface area contributed by atoms with Crippen LogP contribution in [0.3, 0.4) is 0 Å². The van der Waals surface area contributed by atoms with Crippen LogP contribution >= 0.6 is 11.6 Å². The fourth-order valence-electron chi connectivity index (χ4n) is 2.47. The number of pyridine rings is 1. The summed E-state index contributed by atoms with van der Waals surface area (Å²) in [7, 11) is 0. The first-order chi connectivity index (χ1) is 10.8. The molecule has 1 aliphatic rings. The van der Waals surface area contributed by atoms with Gasteiger partial charge in [-0.1, -0.05) is 35.9 Å². The van der Waals surface area contributed by atoms with Crippen LogP contribution in [0.4, 0.5) is 0 Å². The SMILES string of the molecule is Clc1ccccc1CN1CCN(/N=C/c2ccccn2)CC1. The molecule has 5 heteroatoms. The van der Waals surface area contributed by atoms with Crippen molar-refractivity contribution < 1.29 is 0 Å². The average Bonchev–Trinajstić information content (AvgIpc) is 2.57. The molecule has 0 spiro atoms. The number of piperazine rings is 1. The van der Waals surface area contributed by atoms with Crippen LogP contribution in [0.2, 0.25) is 5.02 Å². The molecule has 0 bridgehead atoms. The van der Waals surface area contributed by atoms with Gasteiger partial charge < -0.3 is 0 Å². The first-order valence-corrected chi connectivity index (χ1v) is 7.85. The van der Waals surface area contributed by atoms with Gasteiger partial charge >= 0.3 is 0 Å². The summed E-state index contributed by atoms with van der Waals surface area (Å²) in [4.78, 5) is 6.65. The molecule has 0 unspecified atom stereocenters. The molecule has 0 atom stereocenters. The maximum atomic E-state index is 6.22. The van der Waals surface area contributed by atoms with Crippen LogP contribution in [-0.4, -0.2) is 47.3 Å². The lowest BCUT2D eigenvalue weighted by atomic mass is 10.2. The van der Waals surface area contributed by atoms with Crippen LogP contribution in [0.25, 0.3) is 0 Å². The van der Waals surface area contributed by atoms with Gasteiger partial charge in [-0.2, -0.15) is 5.10 Å². The number of hydrazone groups is 1. The molecule has 1 saturated heterocycles. The molecule has 0 amide bonds. The van der Waals surface area contributed by atoms with E-state index in [1.165, 1.54) is 5.56 Å². The maximum absolute atomic E-state index is 6.22. The Morgan fingerprint density at radius 2 is 1.82 bits per heavy atom. The van der Waals surface area contributed by atoms with Crippen molar-refractivity contribution in [1.82, 2.24) is 14.9 Å². The molecule has 22 heavy (non-hydrogen) atoms. The molecule has 1 fully saturated rings. The predicted molar refractivity (Wildman–Crippen MR) is 90.1 cm³/mol. The van der Waals surface area contributed by atoms with Crippen molar-refractivity contribution in [3.05, 3.63) is 64.9 Å². The van der Waals surface area contributed by atoms with E-state index in [0.717, 1.165) is 43.4 Å². The molecule has 0 radical (unpaired) electrons. The van der Waals surface area contributed by atoms with E-state index < -0.39 is 0 Å². The minimum absolute atomic E-state index is 0.845. The first kappa shape index (κ1) is 15.0. The molecule has 1 aliphatic heterocycles. The van der Waals surface area contributed by atoms with Crippen molar-refractivity contribution >= 4 is 17.8 Å². The maximum Gasteiger partial charge on any atom is 0.0830 e. The predicted octanol–water partition coefficient (Wildman–Crippen LogP) is 2.89. The molecule has 1 aromatic heterocycles. The molecule has 1 aromatic carbocycles. The van der Waals surface area contributed by atoms with E-state index in [4.69, 9.17) is 11.6 Å². The smallest absolute Gasteiger partial charge is 0.0830 e. The van der Waals surface area contributed by atoms with E-state index in [1.54, 1.807) is 6.20 Å². The van der Waals surface area contributed by atoms with Gasteiger partial charge in [-0.3, -0.25) is 14.9 Å². The van der Waals surface area contributed by atoms with Crippen LogP contribution in [0.15, 0.2) is 53.8 Å². The van der Waals surface area contributed by atoms with Gasteiger partial charge in [0.05, 0.1) is 11.9 Å². The zero-order valence-corrected chi connectivity index (χ0v) is 13.2. The Kier molecular flexibility index (Phi) is 5.03. The molecule has 0 saturated carbocycles. The van der Waals surface area contributed by atoms with E-state index in [1.807, 2.05) is 42.6 Å². The van der Waals surface area contributed by atoms with Gasteiger partial charge in [0.15, 0.2) is 0 Å². The summed E-state index contributed by atoms with van der Waals surface area (Å²) < 4.78 is 0. The highest BCUT2D eigenvalue weighted by Crippen LogP contribution is 2.17. The lowest BCUT2D eigenvalue weighted by Crippen LogP contribution is -2.43. The Hall–Kier alpha value is -1.91.